The Balaban J connectivity index is 1.67. The van der Waals surface area contributed by atoms with Crippen LogP contribution in [0.2, 0.25) is 0 Å². The fourth-order valence-electron chi connectivity index (χ4n) is 3.29. The van der Waals surface area contributed by atoms with Gasteiger partial charge in [0.15, 0.2) is 0 Å². The van der Waals surface area contributed by atoms with E-state index in [1.807, 2.05) is 0 Å². The lowest BCUT2D eigenvalue weighted by atomic mass is 10.0. The molecule has 1 saturated heterocycles. The second-order valence-corrected chi connectivity index (χ2v) is 5.57. The number of ether oxygens (including phenoxy) is 1. The number of piperidine rings is 1. The van der Waals surface area contributed by atoms with Crippen molar-refractivity contribution in [3.8, 4) is 0 Å². The number of hydrogen-bond acceptors (Lipinski definition) is 3. The van der Waals surface area contributed by atoms with Gasteiger partial charge in [-0.15, -0.1) is 0 Å². The van der Waals surface area contributed by atoms with Gasteiger partial charge in [-0.2, -0.15) is 0 Å². The van der Waals surface area contributed by atoms with Gasteiger partial charge in [0.1, 0.15) is 0 Å². The van der Waals surface area contributed by atoms with Gasteiger partial charge in [-0.25, -0.2) is 0 Å². The minimum Gasteiger partial charge on any atom is -0.393 e. The van der Waals surface area contributed by atoms with Gasteiger partial charge in [0, 0.05) is 13.2 Å². The van der Waals surface area contributed by atoms with Crippen LogP contribution in [-0.4, -0.2) is 48.5 Å². The predicted octanol–water partition coefficient (Wildman–Crippen LogP) is 2.04. The van der Waals surface area contributed by atoms with E-state index in [1.54, 1.807) is 0 Å². The zero-order valence-electron chi connectivity index (χ0n) is 11.1. The van der Waals surface area contributed by atoms with Gasteiger partial charge in [0.05, 0.1) is 12.2 Å². The van der Waals surface area contributed by atoms with Gasteiger partial charge in [-0.3, -0.25) is 0 Å². The molecule has 1 N–H and O–H groups in total. The van der Waals surface area contributed by atoms with E-state index in [4.69, 9.17) is 4.74 Å². The van der Waals surface area contributed by atoms with Crippen LogP contribution in [0, 0.1) is 5.92 Å². The van der Waals surface area contributed by atoms with E-state index in [9.17, 15) is 5.11 Å². The quantitative estimate of drug-likeness (QED) is 0.799. The van der Waals surface area contributed by atoms with E-state index >= 15 is 0 Å². The molecule has 1 heterocycles. The third-order valence-electron chi connectivity index (χ3n) is 4.30. The van der Waals surface area contributed by atoms with E-state index in [0.717, 1.165) is 26.1 Å². The van der Waals surface area contributed by atoms with Crippen molar-refractivity contribution in [2.75, 3.05) is 26.2 Å². The van der Waals surface area contributed by atoms with E-state index < -0.39 is 0 Å². The number of nitrogens with zero attached hydrogens (tertiary/aromatic N) is 1. The number of likely N-dealkylation sites (tertiary alicyclic amines) is 1. The van der Waals surface area contributed by atoms with Crippen molar-refractivity contribution in [2.45, 2.75) is 57.7 Å². The fraction of sp³-hybridized carbons (Fsp3) is 1.00. The smallest absolute Gasteiger partial charge is 0.0702 e. The molecule has 100 valence electrons. The molecule has 3 nitrogen and oxygen atoms in total. The second kappa shape index (κ2) is 6.72. The maximum Gasteiger partial charge on any atom is 0.0702 e. The summed E-state index contributed by atoms with van der Waals surface area (Å²) in [6.07, 6.45) is 7.53. The van der Waals surface area contributed by atoms with Crippen LogP contribution in [-0.2, 0) is 4.74 Å². The molecule has 2 rings (SSSR count). The topological polar surface area (TPSA) is 32.7 Å². The van der Waals surface area contributed by atoms with Crippen LogP contribution in [0.3, 0.4) is 0 Å². The Morgan fingerprint density at radius 3 is 2.82 bits per heavy atom. The Morgan fingerprint density at radius 1 is 1.24 bits per heavy atom. The van der Waals surface area contributed by atoms with Crippen molar-refractivity contribution in [2.24, 2.45) is 5.92 Å². The first-order valence-electron chi connectivity index (χ1n) is 7.31. The fourth-order valence-corrected chi connectivity index (χ4v) is 3.29. The first-order valence-corrected chi connectivity index (χ1v) is 7.31. The normalized spacial score (nSPS) is 35.3. The number of aliphatic hydroxyl groups excluding tert-OH is 1. The second-order valence-electron chi connectivity index (χ2n) is 5.57. The average Bonchev–Trinajstić information content (AvgIpc) is 2.73. The van der Waals surface area contributed by atoms with E-state index in [-0.39, 0.29) is 6.10 Å². The maximum absolute atomic E-state index is 9.81. The first kappa shape index (κ1) is 13.3. The highest BCUT2D eigenvalue weighted by atomic mass is 16.5. The molecule has 3 atom stereocenters. The molecule has 3 unspecified atom stereocenters. The van der Waals surface area contributed by atoms with E-state index in [1.165, 1.54) is 38.6 Å². The summed E-state index contributed by atoms with van der Waals surface area (Å²) in [6, 6.07) is 0. The van der Waals surface area contributed by atoms with Gasteiger partial charge in [0.25, 0.3) is 0 Å². The SMILES string of the molecule is CCOC1CCCN(CCC2CCCC2O)C1. The van der Waals surface area contributed by atoms with Crippen LogP contribution in [0.1, 0.15) is 45.4 Å². The van der Waals surface area contributed by atoms with Gasteiger partial charge >= 0.3 is 0 Å². The zero-order chi connectivity index (χ0) is 12.1. The minimum atomic E-state index is -0.0255. The van der Waals surface area contributed by atoms with E-state index in [0.29, 0.717) is 12.0 Å². The summed E-state index contributed by atoms with van der Waals surface area (Å²) < 4.78 is 5.71. The van der Waals surface area contributed by atoms with Gasteiger partial charge in [-0.05, 0) is 58.0 Å². The Labute approximate surface area is 105 Å². The number of hydrogen-bond donors (Lipinski definition) is 1. The molecule has 0 amide bonds. The minimum absolute atomic E-state index is 0.0255. The lowest BCUT2D eigenvalue weighted by Crippen LogP contribution is -2.40. The van der Waals surface area contributed by atoms with Crippen molar-refractivity contribution >= 4 is 0 Å². The molecular weight excluding hydrogens is 214 g/mol. The molecule has 1 aliphatic heterocycles. The Morgan fingerprint density at radius 2 is 2.12 bits per heavy atom. The highest BCUT2D eigenvalue weighted by Gasteiger charge is 2.26. The molecule has 0 aromatic rings. The lowest BCUT2D eigenvalue weighted by molar-refractivity contribution is 0.00298. The molecule has 3 heteroatoms. The summed E-state index contributed by atoms with van der Waals surface area (Å²) in [5.74, 6) is 0.558. The third-order valence-corrected chi connectivity index (χ3v) is 4.30. The van der Waals surface area contributed by atoms with Crippen molar-refractivity contribution in [1.82, 2.24) is 4.90 Å². The summed E-state index contributed by atoms with van der Waals surface area (Å²) in [6.45, 7) is 6.36. The zero-order valence-corrected chi connectivity index (χ0v) is 11.1. The molecule has 0 aromatic heterocycles. The van der Waals surface area contributed by atoms with Crippen molar-refractivity contribution in [3.63, 3.8) is 0 Å². The largest absolute Gasteiger partial charge is 0.393 e. The van der Waals surface area contributed by atoms with Crippen LogP contribution < -0.4 is 0 Å². The molecule has 1 saturated carbocycles. The highest BCUT2D eigenvalue weighted by Crippen LogP contribution is 2.28. The van der Waals surface area contributed by atoms with Crippen LogP contribution in [0.4, 0.5) is 0 Å². The summed E-state index contributed by atoms with van der Waals surface area (Å²) in [5, 5.41) is 9.81. The molecule has 2 aliphatic rings. The molecule has 0 aromatic carbocycles. The summed E-state index contributed by atoms with van der Waals surface area (Å²) in [7, 11) is 0. The molecule has 0 radical (unpaired) electrons. The number of rotatable bonds is 5. The number of aliphatic hydroxyl groups is 1. The Kier molecular flexibility index (Phi) is 5.26. The molecule has 0 spiro atoms. The first-order chi connectivity index (χ1) is 8.29. The predicted molar refractivity (Wildman–Crippen MR) is 69.1 cm³/mol. The molecular formula is C14H27NO2. The third kappa shape index (κ3) is 3.94. The van der Waals surface area contributed by atoms with Crippen molar-refractivity contribution in [3.05, 3.63) is 0 Å². The highest BCUT2D eigenvalue weighted by molar-refractivity contribution is 4.79. The standard InChI is InChI=1S/C14H27NO2/c1-2-17-13-6-4-9-15(11-13)10-8-12-5-3-7-14(12)16/h12-14,16H,2-11H2,1H3. The monoisotopic (exact) mass is 241 g/mol. The van der Waals surface area contributed by atoms with Crippen LogP contribution in [0.5, 0.6) is 0 Å². The van der Waals surface area contributed by atoms with Gasteiger partial charge in [0.2, 0.25) is 0 Å². The molecule has 0 bridgehead atoms. The molecule has 1 aliphatic carbocycles. The van der Waals surface area contributed by atoms with E-state index in [2.05, 4.69) is 11.8 Å². The van der Waals surface area contributed by atoms with Crippen LogP contribution >= 0.6 is 0 Å². The summed E-state index contributed by atoms with van der Waals surface area (Å²) >= 11 is 0. The Bertz CT molecular complexity index is 220. The summed E-state index contributed by atoms with van der Waals surface area (Å²) in [5.41, 5.74) is 0. The van der Waals surface area contributed by atoms with Crippen LogP contribution in [0.15, 0.2) is 0 Å². The van der Waals surface area contributed by atoms with Gasteiger partial charge < -0.3 is 14.7 Å². The lowest BCUT2D eigenvalue weighted by Gasteiger charge is -2.33. The van der Waals surface area contributed by atoms with Crippen molar-refractivity contribution in [1.29, 1.82) is 0 Å². The maximum atomic E-state index is 9.81. The summed E-state index contributed by atoms with van der Waals surface area (Å²) in [4.78, 5) is 2.52. The van der Waals surface area contributed by atoms with Gasteiger partial charge in [-0.1, -0.05) is 6.42 Å². The van der Waals surface area contributed by atoms with Crippen molar-refractivity contribution < 1.29 is 9.84 Å². The molecule has 2 fully saturated rings. The van der Waals surface area contributed by atoms with Crippen LogP contribution in [0.25, 0.3) is 0 Å². The average molecular weight is 241 g/mol. The molecule has 17 heavy (non-hydrogen) atoms. The Hall–Kier alpha value is -0.120.